The number of benzene rings is 2. The van der Waals surface area contributed by atoms with Gasteiger partial charge in [0.15, 0.2) is 0 Å². The zero-order valence-corrected chi connectivity index (χ0v) is 14.6. The predicted octanol–water partition coefficient (Wildman–Crippen LogP) is 4.17. The van der Waals surface area contributed by atoms with Gasteiger partial charge in [0, 0.05) is 37.0 Å². The lowest BCUT2D eigenvalue weighted by Crippen LogP contribution is -2.41. The second-order valence-electron chi connectivity index (χ2n) is 5.91. The molecule has 3 rings (SSSR count). The van der Waals surface area contributed by atoms with Crippen LogP contribution in [0.4, 0.5) is 4.39 Å². The molecule has 0 saturated carbocycles. The first-order valence-corrected chi connectivity index (χ1v) is 8.49. The SMILES string of the molecule is COc1ccc(Cl)cc1C(=O)N1CCC(Oc2cccc(F)c2)CC1. The lowest BCUT2D eigenvalue weighted by Gasteiger charge is -2.32. The second-order valence-corrected chi connectivity index (χ2v) is 6.35. The summed E-state index contributed by atoms with van der Waals surface area (Å²) in [6.07, 6.45) is 1.34. The van der Waals surface area contributed by atoms with Crippen molar-refractivity contribution < 1.29 is 18.7 Å². The summed E-state index contributed by atoms with van der Waals surface area (Å²) in [7, 11) is 1.53. The molecule has 1 aliphatic heterocycles. The lowest BCUT2D eigenvalue weighted by atomic mass is 10.1. The number of piperidine rings is 1. The molecule has 1 amide bonds. The summed E-state index contributed by atoms with van der Waals surface area (Å²) >= 11 is 6.01. The highest BCUT2D eigenvalue weighted by molar-refractivity contribution is 6.31. The van der Waals surface area contributed by atoms with Gasteiger partial charge in [0.1, 0.15) is 23.4 Å². The van der Waals surface area contributed by atoms with E-state index in [-0.39, 0.29) is 17.8 Å². The molecule has 0 unspecified atom stereocenters. The van der Waals surface area contributed by atoms with Crippen molar-refractivity contribution in [2.24, 2.45) is 0 Å². The molecule has 0 aromatic heterocycles. The third kappa shape index (κ3) is 4.23. The molecule has 2 aromatic rings. The number of methoxy groups -OCH3 is 1. The van der Waals surface area contributed by atoms with Crippen LogP contribution >= 0.6 is 11.6 Å². The van der Waals surface area contributed by atoms with E-state index in [1.807, 2.05) is 0 Å². The monoisotopic (exact) mass is 363 g/mol. The van der Waals surface area contributed by atoms with Gasteiger partial charge in [-0.05, 0) is 30.3 Å². The predicted molar refractivity (Wildman–Crippen MR) is 94.0 cm³/mol. The van der Waals surface area contributed by atoms with Crippen molar-refractivity contribution in [1.82, 2.24) is 4.90 Å². The van der Waals surface area contributed by atoms with Crippen molar-refractivity contribution >= 4 is 17.5 Å². The standard InChI is InChI=1S/C19H19ClFNO3/c1-24-18-6-5-13(20)11-17(18)19(23)22-9-7-15(8-10-22)25-16-4-2-3-14(21)12-16/h2-6,11-12,15H,7-10H2,1H3. The van der Waals surface area contributed by atoms with Crippen molar-refractivity contribution in [3.05, 3.63) is 58.9 Å². The molecule has 0 atom stereocenters. The van der Waals surface area contributed by atoms with Crippen molar-refractivity contribution in [3.8, 4) is 11.5 Å². The number of carbonyl (C=O) groups is 1. The number of hydrogen-bond acceptors (Lipinski definition) is 3. The molecular weight excluding hydrogens is 345 g/mol. The number of ether oxygens (including phenoxy) is 2. The Morgan fingerprint density at radius 3 is 2.64 bits per heavy atom. The molecule has 1 aliphatic rings. The van der Waals surface area contributed by atoms with Gasteiger partial charge < -0.3 is 14.4 Å². The van der Waals surface area contributed by atoms with E-state index in [1.165, 1.54) is 19.2 Å². The Kier molecular flexibility index (Phi) is 5.43. The number of rotatable bonds is 4. The summed E-state index contributed by atoms with van der Waals surface area (Å²) in [5.74, 6) is 0.593. The van der Waals surface area contributed by atoms with E-state index >= 15 is 0 Å². The van der Waals surface area contributed by atoms with E-state index in [2.05, 4.69) is 0 Å². The maximum absolute atomic E-state index is 13.2. The fourth-order valence-electron chi connectivity index (χ4n) is 2.93. The van der Waals surface area contributed by atoms with Gasteiger partial charge in [-0.1, -0.05) is 17.7 Å². The quantitative estimate of drug-likeness (QED) is 0.818. The molecule has 0 spiro atoms. The highest BCUT2D eigenvalue weighted by Gasteiger charge is 2.26. The van der Waals surface area contributed by atoms with Crippen LogP contribution in [0.5, 0.6) is 11.5 Å². The number of halogens is 2. The van der Waals surface area contributed by atoms with Crippen molar-refractivity contribution in [3.63, 3.8) is 0 Å². The zero-order valence-electron chi connectivity index (χ0n) is 13.9. The van der Waals surface area contributed by atoms with Gasteiger partial charge in [0.05, 0.1) is 12.7 Å². The highest BCUT2D eigenvalue weighted by atomic mass is 35.5. The van der Waals surface area contributed by atoms with Crippen molar-refractivity contribution in [2.75, 3.05) is 20.2 Å². The summed E-state index contributed by atoms with van der Waals surface area (Å²) in [6, 6.07) is 11.1. The van der Waals surface area contributed by atoms with Gasteiger partial charge >= 0.3 is 0 Å². The number of likely N-dealkylation sites (tertiary alicyclic amines) is 1. The summed E-state index contributed by atoms with van der Waals surface area (Å²) in [5.41, 5.74) is 0.458. The molecular formula is C19H19ClFNO3. The molecule has 6 heteroatoms. The molecule has 0 radical (unpaired) electrons. The van der Waals surface area contributed by atoms with E-state index in [4.69, 9.17) is 21.1 Å². The molecule has 25 heavy (non-hydrogen) atoms. The van der Waals surface area contributed by atoms with Gasteiger partial charge in [0.2, 0.25) is 0 Å². The number of amides is 1. The van der Waals surface area contributed by atoms with Crippen LogP contribution in [0.2, 0.25) is 5.02 Å². The Bertz CT molecular complexity index is 760. The number of carbonyl (C=O) groups excluding carboxylic acids is 1. The molecule has 132 valence electrons. The van der Waals surface area contributed by atoms with Gasteiger partial charge in [-0.2, -0.15) is 0 Å². The molecule has 0 bridgehead atoms. The minimum absolute atomic E-state index is 0.0351. The molecule has 1 fully saturated rings. The molecule has 1 heterocycles. The first-order chi connectivity index (χ1) is 12.1. The van der Waals surface area contributed by atoms with E-state index in [1.54, 1.807) is 35.2 Å². The molecule has 4 nitrogen and oxygen atoms in total. The molecule has 2 aromatic carbocycles. The van der Waals surface area contributed by atoms with Crippen molar-refractivity contribution in [2.45, 2.75) is 18.9 Å². The largest absolute Gasteiger partial charge is 0.496 e. The highest BCUT2D eigenvalue weighted by Crippen LogP contribution is 2.26. The minimum Gasteiger partial charge on any atom is -0.496 e. The van der Waals surface area contributed by atoms with Gasteiger partial charge in [-0.3, -0.25) is 4.79 Å². The molecule has 1 saturated heterocycles. The topological polar surface area (TPSA) is 38.8 Å². The van der Waals surface area contributed by atoms with Crippen LogP contribution < -0.4 is 9.47 Å². The number of hydrogen-bond donors (Lipinski definition) is 0. The molecule has 0 aliphatic carbocycles. The van der Waals surface area contributed by atoms with E-state index in [0.29, 0.717) is 48.0 Å². The van der Waals surface area contributed by atoms with E-state index < -0.39 is 0 Å². The van der Waals surface area contributed by atoms with E-state index in [0.717, 1.165) is 0 Å². The smallest absolute Gasteiger partial charge is 0.257 e. The Morgan fingerprint density at radius 2 is 1.96 bits per heavy atom. The Morgan fingerprint density at radius 1 is 1.20 bits per heavy atom. The average molecular weight is 364 g/mol. The first kappa shape index (κ1) is 17.5. The Balaban J connectivity index is 1.62. The third-order valence-corrected chi connectivity index (χ3v) is 4.46. The van der Waals surface area contributed by atoms with Crippen LogP contribution in [-0.4, -0.2) is 37.1 Å². The van der Waals surface area contributed by atoms with Crippen LogP contribution in [0.15, 0.2) is 42.5 Å². The molecule has 0 N–H and O–H groups in total. The maximum atomic E-state index is 13.2. The zero-order chi connectivity index (χ0) is 17.8. The summed E-state index contributed by atoms with van der Waals surface area (Å²) in [6.45, 7) is 1.13. The second kappa shape index (κ2) is 7.74. The average Bonchev–Trinajstić information content (AvgIpc) is 2.62. The maximum Gasteiger partial charge on any atom is 0.257 e. The summed E-state index contributed by atoms with van der Waals surface area (Å²) in [4.78, 5) is 14.5. The van der Waals surface area contributed by atoms with Crippen molar-refractivity contribution in [1.29, 1.82) is 0 Å². The van der Waals surface area contributed by atoms with E-state index in [9.17, 15) is 9.18 Å². The number of nitrogens with zero attached hydrogens (tertiary/aromatic N) is 1. The Hall–Kier alpha value is -2.27. The summed E-state index contributed by atoms with van der Waals surface area (Å²) < 4.78 is 24.3. The fourth-order valence-corrected chi connectivity index (χ4v) is 3.10. The van der Waals surface area contributed by atoms with Gasteiger partial charge in [0.25, 0.3) is 5.91 Å². The van der Waals surface area contributed by atoms with Crippen LogP contribution in [0, 0.1) is 5.82 Å². The Labute approximate surface area is 151 Å². The first-order valence-electron chi connectivity index (χ1n) is 8.12. The van der Waals surface area contributed by atoms with Gasteiger partial charge in [-0.15, -0.1) is 0 Å². The normalized spacial score (nSPS) is 15.1. The van der Waals surface area contributed by atoms with Gasteiger partial charge in [-0.25, -0.2) is 4.39 Å². The third-order valence-electron chi connectivity index (χ3n) is 4.22. The minimum atomic E-state index is -0.321. The van der Waals surface area contributed by atoms with Crippen LogP contribution in [0.25, 0.3) is 0 Å². The van der Waals surface area contributed by atoms with Crippen LogP contribution in [-0.2, 0) is 0 Å². The van der Waals surface area contributed by atoms with Crippen LogP contribution in [0.1, 0.15) is 23.2 Å². The fraction of sp³-hybridized carbons (Fsp3) is 0.316. The summed E-state index contributed by atoms with van der Waals surface area (Å²) in [5, 5.41) is 0.494. The lowest BCUT2D eigenvalue weighted by molar-refractivity contribution is 0.0592. The van der Waals surface area contributed by atoms with Crippen LogP contribution in [0.3, 0.4) is 0 Å².